The van der Waals surface area contributed by atoms with Crippen molar-refractivity contribution in [2.24, 2.45) is 5.92 Å². The Labute approximate surface area is 127 Å². The van der Waals surface area contributed by atoms with E-state index in [0.717, 1.165) is 23.5 Å². The van der Waals surface area contributed by atoms with E-state index in [0.29, 0.717) is 6.04 Å². The van der Waals surface area contributed by atoms with E-state index >= 15 is 0 Å². The van der Waals surface area contributed by atoms with E-state index < -0.39 is 0 Å². The fraction of sp³-hybridized carbons (Fsp3) is 0.647. The quantitative estimate of drug-likeness (QED) is 0.809. The number of halogens is 1. The summed E-state index contributed by atoms with van der Waals surface area (Å²) in [6, 6.07) is 7.83. The molecule has 0 aliphatic heterocycles. The molecule has 0 spiro atoms. The zero-order valence-corrected chi connectivity index (χ0v) is 13.3. The molecule has 1 N–H and O–H groups in total. The van der Waals surface area contributed by atoms with Gasteiger partial charge >= 0.3 is 0 Å². The number of hydrogen-bond donors (Lipinski definition) is 1. The molecule has 3 rings (SSSR count). The van der Waals surface area contributed by atoms with Crippen molar-refractivity contribution in [1.82, 2.24) is 5.32 Å². The van der Waals surface area contributed by atoms with Crippen LogP contribution in [0.4, 0.5) is 5.69 Å². The predicted molar refractivity (Wildman–Crippen MR) is 86.5 cm³/mol. The second kappa shape index (κ2) is 5.95. The van der Waals surface area contributed by atoms with Gasteiger partial charge in [0.25, 0.3) is 0 Å². The van der Waals surface area contributed by atoms with Crippen molar-refractivity contribution >= 4 is 17.3 Å². The van der Waals surface area contributed by atoms with Gasteiger partial charge in [-0.05, 0) is 63.1 Å². The van der Waals surface area contributed by atoms with Crippen molar-refractivity contribution < 1.29 is 0 Å². The standard InChI is InChI=1S/C17H25ClN2/c1-12(2)20(11-13-3-4-13)16-8-5-14(17(18)9-16)10-19-15-6-7-15/h5,8-9,12-13,15,19H,3-4,6-7,10-11H2,1-2H3. The molecule has 1 aromatic rings. The minimum atomic E-state index is 0.530. The van der Waals surface area contributed by atoms with Crippen LogP contribution in [0.1, 0.15) is 45.1 Å². The molecule has 0 unspecified atom stereocenters. The molecule has 0 bridgehead atoms. The lowest BCUT2D eigenvalue weighted by Crippen LogP contribution is -2.32. The van der Waals surface area contributed by atoms with Gasteiger partial charge < -0.3 is 10.2 Å². The van der Waals surface area contributed by atoms with Crippen LogP contribution < -0.4 is 10.2 Å². The SMILES string of the molecule is CC(C)N(CC1CC1)c1ccc(CNC2CC2)c(Cl)c1. The Morgan fingerprint density at radius 3 is 2.55 bits per heavy atom. The Kier molecular flexibility index (Phi) is 4.23. The smallest absolute Gasteiger partial charge is 0.0471 e. The van der Waals surface area contributed by atoms with Crippen LogP contribution in [0.3, 0.4) is 0 Å². The van der Waals surface area contributed by atoms with E-state index in [1.807, 2.05) is 0 Å². The van der Waals surface area contributed by atoms with Crippen molar-refractivity contribution in [3.05, 3.63) is 28.8 Å². The van der Waals surface area contributed by atoms with E-state index in [-0.39, 0.29) is 0 Å². The molecule has 2 aliphatic rings. The number of hydrogen-bond acceptors (Lipinski definition) is 2. The minimum absolute atomic E-state index is 0.530. The lowest BCUT2D eigenvalue weighted by molar-refractivity contribution is 0.644. The molecule has 0 saturated heterocycles. The zero-order valence-electron chi connectivity index (χ0n) is 12.5. The summed E-state index contributed by atoms with van der Waals surface area (Å²) in [5, 5.41) is 4.43. The maximum atomic E-state index is 6.47. The van der Waals surface area contributed by atoms with Gasteiger partial charge in [0.05, 0.1) is 0 Å². The third kappa shape index (κ3) is 3.67. The molecule has 2 nitrogen and oxygen atoms in total. The van der Waals surface area contributed by atoms with E-state index in [1.54, 1.807) is 0 Å². The topological polar surface area (TPSA) is 15.3 Å². The van der Waals surface area contributed by atoms with Crippen LogP contribution in [0, 0.1) is 5.92 Å². The second-order valence-electron chi connectivity index (χ2n) is 6.62. The summed E-state index contributed by atoms with van der Waals surface area (Å²) in [4.78, 5) is 2.49. The van der Waals surface area contributed by atoms with E-state index in [9.17, 15) is 0 Å². The van der Waals surface area contributed by atoms with E-state index in [4.69, 9.17) is 11.6 Å². The van der Waals surface area contributed by atoms with Gasteiger partial charge in [-0.3, -0.25) is 0 Å². The van der Waals surface area contributed by atoms with Gasteiger partial charge in [-0.2, -0.15) is 0 Å². The lowest BCUT2D eigenvalue weighted by Gasteiger charge is -2.29. The normalized spacial score (nSPS) is 18.6. The van der Waals surface area contributed by atoms with Gasteiger partial charge in [0.2, 0.25) is 0 Å². The molecular weight excluding hydrogens is 268 g/mol. The predicted octanol–water partition coefficient (Wildman–Crippen LogP) is 4.22. The van der Waals surface area contributed by atoms with Crippen molar-refractivity contribution in [2.45, 2.75) is 58.2 Å². The summed E-state index contributed by atoms with van der Waals surface area (Å²) < 4.78 is 0. The highest BCUT2D eigenvalue weighted by Gasteiger charge is 2.26. The fourth-order valence-electron chi connectivity index (χ4n) is 2.59. The first-order chi connectivity index (χ1) is 9.63. The Balaban J connectivity index is 1.69. The molecule has 0 amide bonds. The third-order valence-corrected chi connectivity index (χ3v) is 4.65. The lowest BCUT2D eigenvalue weighted by atomic mass is 10.1. The number of benzene rings is 1. The highest BCUT2D eigenvalue weighted by Crippen LogP contribution is 2.33. The van der Waals surface area contributed by atoms with Crippen LogP contribution in [0.2, 0.25) is 5.02 Å². The average molecular weight is 293 g/mol. The Morgan fingerprint density at radius 2 is 2.00 bits per heavy atom. The molecule has 2 saturated carbocycles. The molecule has 0 radical (unpaired) electrons. The monoisotopic (exact) mass is 292 g/mol. The minimum Gasteiger partial charge on any atom is -0.369 e. The summed E-state index contributed by atoms with van der Waals surface area (Å²) >= 11 is 6.47. The van der Waals surface area contributed by atoms with Crippen molar-refractivity contribution in [3.8, 4) is 0 Å². The molecule has 2 fully saturated rings. The van der Waals surface area contributed by atoms with Gasteiger partial charge in [0.15, 0.2) is 0 Å². The first kappa shape index (κ1) is 14.2. The number of anilines is 1. The maximum absolute atomic E-state index is 6.47. The molecule has 110 valence electrons. The first-order valence-electron chi connectivity index (χ1n) is 7.92. The summed E-state index contributed by atoms with van der Waals surface area (Å²) in [6.45, 7) is 6.60. The molecular formula is C17H25ClN2. The molecule has 20 heavy (non-hydrogen) atoms. The molecule has 0 aromatic heterocycles. The largest absolute Gasteiger partial charge is 0.369 e. The van der Waals surface area contributed by atoms with Gasteiger partial charge in [0.1, 0.15) is 0 Å². The van der Waals surface area contributed by atoms with Crippen LogP contribution in [0.25, 0.3) is 0 Å². The summed E-state index contributed by atoms with van der Waals surface area (Å²) in [5.74, 6) is 0.896. The van der Waals surface area contributed by atoms with Crippen LogP contribution in [-0.4, -0.2) is 18.6 Å². The van der Waals surface area contributed by atoms with Gasteiger partial charge in [-0.25, -0.2) is 0 Å². The summed E-state index contributed by atoms with van der Waals surface area (Å²) in [5.41, 5.74) is 2.49. The molecule has 1 aromatic carbocycles. The Bertz CT molecular complexity index is 464. The van der Waals surface area contributed by atoms with Crippen LogP contribution >= 0.6 is 11.6 Å². The van der Waals surface area contributed by atoms with Crippen LogP contribution in [0.15, 0.2) is 18.2 Å². The highest BCUT2D eigenvalue weighted by atomic mass is 35.5. The van der Waals surface area contributed by atoms with Crippen LogP contribution in [0.5, 0.6) is 0 Å². The fourth-order valence-corrected chi connectivity index (χ4v) is 2.83. The number of nitrogens with zero attached hydrogens (tertiary/aromatic N) is 1. The third-order valence-electron chi connectivity index (χ3n) is 4.30. The Hall–Kier alpha value is -0.730. The van der Waals surface area contributed by atoms with Crippen molar-refractivity contribution in [1.29, 1.82) is 0 Å². The maximum Gasteiger partial charge on any atom is 0.0471 e. The van der Waals surface area contributed by atoms with Gasteiger partial charge in [-0.15, -0.1) is 0 Å². The van der Waals surface area contributed by atoms with E-state index in [1.165, 1.54) is 43.5 Å². The van der Waals surface area contributed by atoms with Crippen molar-refractivity contribution in [3.63, 3.8) is 0 Å². The van der Waals surface area contributed by atoms with Crippen molar-refractivity contribution in [2.75, 3.05) is 11.4 Å². The number of rotatable bonds is 7. The highest BCUT2D eigenvalue weighted by molar-refractivity contribution is 6.31. The zero-order chi connectivity index (χ0) is 14.1. The molecule has 2 aliphatic carbocycles. The molecule has 0 heterocycles. The Morgan fingerprint density at radius 1 is 1.25 bits per heavy atom. The molecule has 0 atom stereocenters. The summed E-state index contributed by atoms with van der Waals surface area (Å²) in [7, 11) is 0. The van der Waals surface area contributed by atoms with Gasteiger partial charge in [-0.1, -0.05) is 17.7 Å². The second-order valence-corrected chi connectivity index (χ2v) is 7.03. The first-order valence-corrected chi connectivity index (χ1v) is 8.29. The molecule has 3 heteroatoms. The number of nitrogens with one attached hydrogen (secondary N) is 1. The van der Waals surface area contributed by atoms with Crippen LogP contribution in [-0.2, 0) is 6.54 Å². The summed E-state index contributed by atoms with van der Waals surface area (Å²) in [6.07, 6.45) is 5.41. The van der Waals surface area contributed by atoms with Gasteiger partial charge in [0, 0.05) is 35.9 Å². The van der Waals surface area contributed by atoms with E-state index in [2.05, 4.69) is 42.3 Å². The average Bonchev–Trinajstić information content (AvgIpc) is 3.28.